The van der Waals surface area contributed by atoms with Crippen molar-refractivity contribution in [2.45, 2.75) is 25.3 Å². The van der Waals surface area contributed by atoms with Gasteiger partial charge in [0.15, 0.2) is 0 Å². The Morgan fingerprint density at radius 1 is 1.10 bits per heavy atom. The van der Waals surface area contributed by atoms with Crippen LogP contribution < -0.4 is 10.5 Å². The lowest BCUT2D eigenvalue weighted by Gasteiger charge is -2.17. The Kier molecular flexibility index (Phi) is 3.94. The average Bonchev–Trinajstić information content (AvgIpc) is 3.30. The van der Waals surface area contributed by atoms with Crippen LogP contribution in [0.1, 0.15) is 24.1 Å². The molecular formula is C21H17FN4O3. The van der Waals surface area contributed by atoms with Crippen LogP contribution >= 0.6 is 0 Å². The Hall–Kier alpha value is -3.55. The van der Waals surface area contributed by atoms with E-state index in [1.54, 1.807) is 24.3 Å². The van der Waals surface area contributed by atoms with Crippen molar-refractivity contribution >= 4 is 28.4 Å². The molecule has 0 bridgehead atoms. The lowest BCUT2D eigenvalue weighted by Crippen LogP contribution is -2.33. The highest BCUT2D eigenvalue weighted by Gasteiger charge is 2.48. The highest BCUT2D eigenvalue weighted by Crippen LogP contribution is 2.33. The van der Waals surface area contributed by atoms with E-state index in [0.717, 1.165) is 11.3 Å². The fourth-order valence-corrected chi connectivity index (χ4v) is 4.19. The van der Waals surface area contributed by atoms with Gasteiger partial charge >= 0.3 is 6.03 Å². The second-order valence-corrected chi connectivity index (χ2v) is 7.32. The van der Waals surface area contributed by atoms with Crippen molar-refractivity contribution in [3.63, 3.8) is 0 Å². The van der Waals surface area contributed by atoms with Crippen molar-refractivity contribution in [2.24, 2.45) is 0 Å². The van der Waals surface area contributed by atoms with E-state index in [0.29, 0.717) is 41.4 Å². The van der Waals surface area contributed by atoms with Gasteiger partial charge in [-0.3, -0.25) is 9.59 Å². The minimum absolute atomic E-state index is 0.0411. The fraction of sp³-hybridized carbons (Fsp3) is 0.238. The predicted molar refractivity (Wildman–Crippen MR) is 104 cm³/mol. The van der Waals surface area contributed by atoms with E-state index in [-0.39, 0.29) is 17.2 Å². The van der Waals surface area contributed by atoms with Gasteiger partial charge in [0, 0.05) is 18.4 Å². The first-order valence-corrected chi connectivity index (χ1v) is 9.44. The monoisotopic (exact) mass is 392 g/mol. The molecule has 0 spiro atoms. The molecule has 8 heteroatoms. The number of benzene rings is 2. The number of anilines is 1. The molecule has 5 rings (SSSR count). The third-order valence-electron chi connectivity index (χ3n) is 5.59. The highest BCUT2D eigenvalue weighted by molar-refractivity contribution is 6.21. The van der Waals surface area contributed by atoms with Crippen molar-refractivity contribution < 1.29 is 14.0 Å². The number of urea groups is 1. The summed E-state index contributed by atoms with van der Waals surface area (Å²) >= 11 is 0. The fourth-order valence-electron chi connectivity index (χ4n) is 4.19. The van der Waals surface area contributed by atoms with Crippen molar-refractivity contribution in [3.05, 3.63) is 69.9 Å². The number of amides is 3. The SMILES string of the molecule is O=C1C2CCCN2C(=O)N1c1cc(Cc2n[nH]c(=O)c3ccccc23)ccc1F. The summed E-state index contributed by atoms with van der Waals surface area (Å²) in [6, 6.07) is 10.5. The van der Waals surface area contributed by atoms with E-state index in [2.05, 4.69) is 10.2 Å². The maximum absolute atomic E-state index is 14.6. The normalized spacial score (nSPS) is 18.7. The van der Waals surface area contributed by atoms with Crippen LogP contribution in [-0.4, -0.2) is 39.6 Å². The van der Waals surface area contributed by atoms with Gasteiger partial charge < -0.3 is 4.90 Å². The minimum Gasteiger partial charge on any atom is -0.312 e. The number of nitrogens with zero attached hydrogens (tertiary/aromatic N) is 3. The molecule has 2 saturated heterocycles. The van der Waals surface area contributed by atoms with Crippen molar-refractivity contribution in [1.82, 2.24) is 15.1 Å². The number of carbonyl (C=O) groups excluding carboxylic acids is 2. The Morgan fingerprint density at radius 2 is 1.90 bits per heavy atom. The molecular weight excluding hydrogens is 375 g/mol. The van der Waals surface area contributed by atoms with Crippen LogP contribution in [0.2, 0.25) is 0 Å². The molecule has 0 radical (unpaired) electrons. The first-order chi connectivity index (χ1) is 14.0. The summed E-state index contributed by atoms with van der Waals surface area (Å²) in [6.45, 7) is 0.514. The Bertz CT molecular complexity index is 1200. The molecule has 3 aromatic rings. The molecule has 1 aromatic heterocycles. The van der Waals surface area contributed by atoms with Gasteiger partial charge in [-0.15, -0.1) is 0 Å². The zero-order valence-corrected chi connectivity index (χ0v) is 15.4. The number of nitrogens with one attached hydrogen (secondary N) is 1. The lowest BCUT2D eigenvalue weighted by molar-refractivity contribution is -0.119. The van der Waals surface area contributed by atoms with Crippen molar-refractivity contribution in [1.29, 1.82) is 0 Å². The van der Waals surface area contributed by atoms with E-state index >= 15 is 0 Å². The molecule has 3 amide bonds. The molecule has 1 atom stereocenters. The smallest absolute Gasteiger partial charge is 0.312 e. The van der Waals surface area contributed by atoms with Crippen LogP contribution in [0.4, 0.5) is 14.9 Å². The molecule has 2 aliphatic heterocycles. The van der Waals surface area contributed by atoms with Crippen LogP contribution in [0.5, 0.6) is 0 Å². The van der Waals surface area contributed by atoms with Crippen molar-refractivity contribution in [2.75, 3.05) is 11.4 Å². The summed E-state index contributed by atoms with van der Waals surface area (Å²) in [4.78, 5) is 39.7. The molecule has 2 fully saturated rings. The first-order valence-electron chi connectivity index (χ1n) is 9.44. The lowest BCUT2D eigenvalue weighted by atomic mass is 10.0. The topological polar surface area (TPSA) is 86.4 Å². The number of hydrogen-bond donors (Lipinski definition) is 1. The molecule has 1 unspecified atom stereocenters. The Morgan fingerprint density at radius 3 is 2.69 bits per heavy atom. The second-order valence-electron chi connectivity index (χ2n) is 7.32. The van der Waals surface area contributed by atoms with Crippen LogP contribution in [0.15, 0.2) is 47.3 Å². The summed E-state index contributed by atoms with van der Waals surface area (Å²) in [5.74, 6) is -1.01. The zero-order valence-electron chi connectivity index (χ0n) is 15.4. The predicted octanol–water partition coefficient (Wildman–Crippen LogP) is 2.58. The van der Waals surface area contributed by atoms with Crippen molar-refractivity contribution in [3.8, 4) is 0 Å². The molecule has 7 nitrogen and oxygen atoms in total. The van der Waals surface area contributed by atoms with Crippen LogP contribution in [0.25, 0.3) is 10.8 Å². The molecule has 2 aromatic carbocycles. The second kappa shape index (κ2) is 6.51. The zero-order chi connectivity index (χ0) is 20.1. The molecule has 1 N–H and O–H groups in total. The first kappa shape index (κ1) is 17.5. The number of hydrogen-bond acceptors (Lipinski definition) is 4. The average molecular weight is 392 g/mol. The van der Waals surface area contributed by atoms with Gasteiger partial charge in [0.2, 0.25) is 0 Å². The van der Waals surface area contributed by atoms with Gasteiger partial charge in [0.05, 0.1) is 16.8 Å². The number of aromatic amines is 1. The number of carbonyl (C=O) groups is 2. The summed E-state index contributed by atoms with van der Waals surface area (Å²) in [6.07, 6.45) is 1.70. The quantitative estimate of drug-likeness (QED) is 0.694. The van der Waals surface area contributed by atoms with Gasteiger partial charge in [0.1, 0.15) is 11.9 Å². The molecule has 29 heavy (non-hydrogen) atoms. The summed E-state index contributed by atoms with van der Waals surface area (Å²) in [7, 11) is 0. The Labute approximate surface area is 164 Å². The van der Waals surface area contributed by atoms with Crippen LogP contribution in [0, 0.1) is 5.82 Å². The standard InChI is InChI=1S/C21H17FN4O3/c22-15-8-7-12(10-16-13-4-1-2-5-14(13)19(27)24-23-16)11-18(15)26-20(28)17-6-3-9-25(17)21(26)29/h1-2,4-5,7-8,11,17H,3,6,9-10H2,(H,24,27). The van der Waals surface area contributed by atoms with E-state index < -0.39 is 17.9 Å². The van der Waals surface area contributed by atoms with Gasteiger partial charge in [-0.05, 0) is 36.6 Å². The van der Waals surface area contributed by atoms with E-state index in [1.807, 2.05) is 6.07 Å². The molecule has 0 aliphatic carbocycles. The highest BCUT2D eigenvalue weighted by atomic mass is 19.1. The third-order valence-corrected chi connectivity index (χ3v) is 5.59. The number of rotatable bonds is 3. The van der Waals surface area contributed by atoms with E-state index in [1.165, 1.54) is 17.0 Å². The maximum atomic E-state index is 14.6. The van der Waals surface area contributed by atoms with E-state index in [4.69, 9.17) is 0 Å². The number of halogens is 1. The summed E-state index contributed by atoms with van der Waals surface area (Å²) < 4.78 is 14.6. The number of imide groups is 1. The van der Waals surface area contributed by atoms with Crippen LogP contribution in [0.3, 0.4) is 0 Å². The Balaban J connectivity index is 1.53. The van der Waals surface area contributed by atoms with Gasteiger partial charge in [0.25, 0.3) is 11.5 Å². The van der Waals surface area contributed by atoms with Gasteiger partial charge in [-0.25, -0.2) is 19.2 Å². The number of fused-ring (bicyclic) bond motifs is 2. The summed E-state index contributed by atoms with van der Waals surface area (Å²) in [5.41, 5.74) is 0.981. The molecule has 146 valence electrons. The summed E-state index contributed by atoms with van der Waals surface area (Å²) in [5, 5.41) is 7.84. The minimum atomic E-state index is -0.629. The van der Waals surface area contributed by atoms with Gasteiger partial charge in [-0.2, -0.15) is 5.10 Å². The van der Waals surface area contributed by atoms with Crippen LogP contribution in [-0.2, 0) is 11.2 Å². The largest absolute Gasteiger partial charge is 0.332 e. The maximum Gasteiger partial charge on any atom is 0.332 e. The van der Waals surface area contributed by atoms with E-state index in [9.17, 15) is 18.8 Å². The third kappa shape index (κ3) is 2.71. The number of H-pyrrole nitrogens is 1. The molecule has 3 heterocycles. The molecule has 2 aliphatic rings. The molecule has 0 saturated carbocycles. The van der Waals surface area contributed by atoms with Gasteiger partial charge in [-0.1, -0.05) is 24.3 Å². The number of aromatic nitrogens is 2.